The van der Waals surface area contributed by atoms with Crippen molar-refractivity contribution in [3.8, 4) is 0 Å². The quantitative estimate of drug-likeness (QED) is 0.738. The third kappa shape index (κ3) is 1.94. The van der Waals surface area contributed by atoms with E-state index in [4.69, 9.17) is 0 Å². The average Bonchev–Trinajstić information content (AvgIpc) is 2.50. The van der Waals surface area contributed by atoms with Gasteiger partial charge in [0.1, 0.15) is 0 Å². The Kier molecular flexibility index (Phi) is 3.00. The molecule has 0 aliphatic carbocycles. The van der Waals surface area contributed by atoms with Crippen LogP contribution in [-0.4, -0.2) is 6.67 Å². The van der Waals surface area contributed by atoms with Crippen LogP contribution in [0, 0.1) is 13.8 Å². The molecule has 0 unspecified atom stereocenters. The van der Waals surface area contributed by atoms with Crippen LogP contribution in [-0.2, 0) is 6.54 Å². The van der Waals surface area contributed by atoms with Crippen LogP contribution < -0.4 is 9.80 Å². The first kappa shape index (κ1) is 13.4. The summed E-state index contributed by atoms with van der Waals surface area (Å²) in [6.07, 6.45) is 3.03. The van der Waals surface area contributed by atoms with Gasteiger partial charge < -0.3 is 9.80 Å². The maximum absolute atomic E-state index is 3.99. The zero-order valence-electron chi connectivity index (χ0n) is 13.3. The van der Waals surface area contributed by atoms with Crippen LogP contribution in [0.2, 0.25) is 0 Å². The van der Waals surface area contributed by atoms with E-state index < -0.39 is 0 Å². The highest BCUT2D eigenvalue weighted by Crippen LogP contribution is 2.45. The van der Waals surface area contributed by atoms with Gasteiger partial charge in [0.25, 0.3) is 0 Å². The highest BCUT2D eigenvalue weighted by atomic mass is 15.4. The van der Waals surface area contributed by atoms with Gasteiger partial charge in [-0.1, -0.05) is 41.5 Å². The lowest BCUT2D eigenvalue weighted by Gasteiger charge is -2.49. The van der Waals surface area contributed by atoms with E-state index in [0.717, 1.165) is 19.6 Å². The van der Waals surface area contributed by atoms with Crippen LogP contribution >= 0.6 is 0 Å². The van der Waals surface area contributed by atoms with E-state index in [1.807, 2.05) is 0 Å². The molecule has 0 fully saturated rings. The number of hydrogen-bond donors (Lipinski definition) is 0. The highest BCUT2D eigenvalue weighted by Gasteiger charge is 2.35. The van der Waals surface area contributed by atoms with E-state index in [0.29, 0.717) is 6.04 Å². The Morgan fingerprint density at radius 2 is 1.82 bits per heavy atom. The molecule has 0 saturated heterocycles. The van der Waals surface area contributed by atoms with Gasteiger partial charge in [-0.05, 0) is 43.5 Å². The summed E-state index contributed by atoms with van der Waals surface area (Å²) in [5, 5.41) is 0. The molecule has 22 heavy (non-hydrogen) atoms. The SMILES string of the molecule is C=CC[C@@H]1c2cc(C)ccc2N2Cc3cc(C)ccc3N1C2. The summed E-state index contributed by atoms with van der Waals surface area (Å²) in [5.74, 6) is 0. The Hall–Kier alpha value is -2.22. The predicted molar refractivity (Wildman–Crippen MR) is 93.4 cm³/mol. The average molecular weight is 290 g/mol. The number of nitrogens with zero attached hydrogens (tertiary/aromatic N) is 2. The van der Waals surface area contributed by atoms with Crippen molar-refractivity contribution in [2.24, 2.45) is 0 Å². The molecule has 0 N–H and O–H groups in total. The number of fused-ring (bicyclic) bond motifs is 6. The fraction of sp³-hybridized carbons (Fsp3) is 0.300. The molecule has 1 atom stereocenters. The molecule has 2 aromatic carbocycles. The van der Waals surface area contributed by atoms with Crippen LogP contribution in [0.4, 0.5) is 11.4 Å². The fourth-order valence-electron chi connectivity index (χ4n) is 3.87. The molecule has 0 aromatic heterocycles. The van der Waals surface area contributed by atoms with Crippen molar-refractivity contribution >= 4 is 11.4 Å². The van der Waals surface area contributed by atoms with Crippen molar-refractivity contribution in [1.82, 2.24) is 0 Å². The number of rotatable bonds is 2. The summed E-state index contributed by atoms with van der Waals surface area (Å²) in [6, 6.07) is 14.1. The summed E-state index contributed by atoms with van der Waals surface area (Å²) in [5.41, 5.74) is 8.33. The first-order chi connectivity index (χ1) is 10.7. The van der Waals surface area contributed by atoms with Crippen molar-refractivity contribution < 1.29 is 0 Å². The molecule has 0 radical (unpaired) electrons. The normalized spacial score (nSPS) is 18.7. The molecule has 0 amide bonds. The van der Waals surface area contributed by atoms with Gasteiger partial charge in [-0.2, -0.15) is 0 Å². The van der Waals surface area contributed by atoms with Crippen molar-refractivity contribution in [2.75, 3.05) is 16.5 Å². The Morgan fingerprint density at radius 3 is 2.59 bits per heavy atom. The standard InChI is InChI=1S/C20H22N2/c1-4-5-20-17-11-15(3)7-9-19(17)21-12-16-10-14(2)6-8-18(16)22(20)13-21/h4,6-11,20H,1,5,12-13H2,2-3H3/t20-/m1/s1. The number of hydrogen-bond acceptors (Lipinski definition) is 2. The van der Waals surface area contributed by atoms with E-state index in [2.05, 4.69) is 72.7 Å². The molecule has 2 aromatic rings. The van der Waals surface area contributed by atoms with E-state index in [-0.39, 0.29) is 0 Å². The Balaban J connectivity index is 1.89. The first-order valence-corrected chi connectivity index (χ1v) is 8.00. The minimum Gasteiger partial charge on any atom is -0.349 e. The predicted octanol–water partition coefficient (Wildman–Crippen LogP) is 4.72. The molecule has 2 nitrogen and oxygen atoms in total. The second-order valence-electron chi connectivity index (χ2n) is 6.54. The Morgan fingerprint density at radius 1 is 1.09 bits per heavy atom. The molecule has 2 aliphatic heterocycles. The van der Waals surface area contributed by atoms with Gasteiger partial charge >= 0.3 is 0 Å². The van der Waals surface area contributed by atoms with E-state index in [9.17, 15) is 0 Å². The second-order valence-corrected chi connectivity index (χ2v) is 6.54. The molecule has 2 heteroatoms. The summed E-state index contributed by atoms with van der Waals surface area (Å²) in [7, 11) is 0. The third-order valence-corrected chi connectivity index (χ3v) is 4.88. The summed E-state index contributed by atoms with van der Waals surface area (Å²) in [4.78, 5) is 5.04. The van der Waals surface area contributed by atoms with Crippen LogP contribution in [0.3, 0.4) is 0 Å². The molecule has 0 saturated carbocycles. The molecule has 112 valence electrons. The first-order valence-electron chi connectivity index (χ1n) is 8.00. The lowest BCUT2D eigenvalue weighted by atomic mass is 9.91. The van der Waals surface area contributed by atoms with Gasteiger partial charge in [0.2, 0.25) is 0 Å². The van der Waals surface area contributed by atoms with Gasteiger partial charge in [0, 0.05) is 17.9 Å². The van der Waals surface area contributed by atoms with Crippen LogP contribution in [0.15, 0.2) is 49.1 Å². The smallest absolute Gasteiger partial charge is 0.0912 e. The maximum Gasteiger partial charge on any atom is 0.0912 e. The third-order valence-electron chi connectivity index (χ3n) is 4.88. The molecular weight excluding hydrogens is 268 g/mol. The van der Waals surface area contributed by atoms with Crippen molar-refractivity contribution in [1.29, 1.82) is 0 Å². The van der Waals surface area contributed by atoms with Gasteiger partial charge in [0.05, 0.1) is 12.7 Å². The van der Waals surface area contributed by atoms with Crippen LogP contribution in [0.5, 0.6) is 0 Å². The van der Waals surface area contributed by atoms with E-state index in [1.54, 1.807) is 0 Å². The van der Waals surface area contributed by atoms with E-state index >= 15 is 0 Å². The topological polar surface area (TPSA) is 6.48 Å². The second kappa shape index (κ2) is 4.91. The minimum absolute atomic E-state index is 0.394. The zero-order chi connectivity index (χ0) is 15.3. The van der Waals surface area contributed by atoms with Crippen molar-refractivity contribution in [2.45, 2.75) is 32.9 Å². The largest absolute Gasteiger partial charge is 0.349 e. The molecule has 2 bridgehead atoms. The molecule has 2 heterocycles. The monoisotopic (exact) mass is 290 g/mol. The highest BCUT2D eigenvalue weighted by molar-refractivity contribution is 5.70. The lowest BCUT2D eigenvalue weighted by Crippen LogP contribution is -2.48. The molecule has 0 spiro atoms. The lowest BCUT2D eigenvalue weighted by molar-refractivity contribution is 0.552. The van der Waals surface area contributed by atoms with Crippen molar-refractivity contribution in [3.63, 3.8) is 0 Å². The fourth-order valence-corrected chi connectivity index (χ4v) is 3.87. The summed E-state index contributed by atoms with van der Waals surface area (Å²) < 4.78 is 0. The van der Waals surface area contributed by atoms with Gasteiger partial charge in [0.15, 0.2) is 0 Å². The van der Waals surface area contributed by atoms with Gasteiger partial charge in [-0.25, -0.2) is 0 Å². The number of anilines is 2. The Bertz CT molecular complexity index is 747. The Labute approximate surface area is 132 Å². The number of aryl methyl sites for hydroxylation is 2. The van der Waals surface area contributed by atoms with Gasteiger partial charge in [-0.3, -0.25) is 0 Å². The number of benzene rings is 2. The van der Waals surface area contributed by atoms with Gasteiger partial charge in [-0.15, -0.1) is 6.58 Å². The summed E-state index contributed by atoms with van der Waals surface area (Å²) in [6.45, 7) is 10.3. The van der Waals surface area contributed by atoms with E-state index in [1.165, 1.54) is 33.6 Å². The van der Waals surface area contributed by atoms with Crippen molar-refractivity contribution in [3.05, 3.63) is 71.3 Å². The zero-order valence-corrected chi connectivity index (χ0v) is 13.3. The van der Waals surface area contributed by atoms with Crippen LogP contribution in [0.1, 0.15) is 34.7 Å². The molecule has 4 rings (SSSR count). The molecular formula is C20H22N2. The maximum atomic E-state index is 3.99. The summed E-state index contributed by atoms with van der Waals surface area (Å²) >= 11 is 0. The minimum atomic E-state index is 0.394. The molecule has 2 aliphatic rings. The van der Waals surface area contributed by atoms with Crippen LogP contribution in [0.25, 0.3) is 0 Å².